The number of nitrogens with zero attached hydrogens (tertiary/aromatic N) is 1. The minimum atomic E-state index is 0.954. The van der Waals surface area contributed by atoms with E-state index in [1.807, 2.05) is 0 Å². The Morgan fingerprint density at radius 1 is 0.562 bits per heavy atom. The molecule has 0 saturated heterocycles. The summed E-state index contributed by atoms with van der Waals surface area (Å²) >= 11 is 0. The van der Waals surface area contributed by atoms with Gasteiger partial charge in [-0.2, -0.15) is 0 Å². The fraction of sp³-hybridized carbons (Fsp3) is 0.581. The van der Waals surface area contributed by atoms with Crippen LogP contribution in [0.2, 0.25) is 0 Å². The SMILES string of the molecule is CCCCCCCC/C=C\CCCCCCCCCc1cc[n+](Cc2ccccc2)cc1. The summed E-state index contributed by atoms with van der Waals surface area (Å²) in [5.74, 6) is 0. The molecule has 1 aromatic heterocycles. The van der Waals surface area contributed by atoms with Crippen LogP contribution in [0.1, 0.15) is 114 Å². The largest absolute Gasteiger partial charge is 0.201 e. The Kier molecular flexibility index (Phi) is 15.4. The molecule has 0 radical (unpaired) electrons. The van der Waals surface area contributed by atoms with Crippen LogP contribution in [0.4, 0.5) is 0 Å². The Morgan fingerprint density at radius 2 is 1.09 bits per heavy atom. The summed E-state index contributed by atoms with van der Waals surface area (Å²) in [5, 5.41) is 0. The van der Waals surface area contributed by atoms with Gasteiger partial charge in [0.15, 0.2) is 18.9 Å². The van der Waals surface area contributed by atoms with Crippen LogP contribution >= 0.6 is 0 Å². The van der Waals surface area contributed by atoms with Crippen molar-refractivity contribution in [3.05, 3.63) is 78.1 Å². The van der Waals surface area contributed by atoms with E-state index in [1.165, 1.54) is 114 Å². The Bertz CT molecular complexity index is 686. The average molecular weight is 435 g/mol. The van der Waals surface area contributed by atoms with Gasteiger partial charge in [-0.25, -0.2) is 4.57 Å². The average Bonchev–Trinajstić information content (AvgIpc) is 2.83. The zero-order chi connectivity index (χ0) is 22.5. The van der Waals surface area contributed by atoms with Gasteiger partial charge in [0.25, 0.3) is 0 Å². The van der Waals surface area contributed by atoms with E-state index in [1.54, 1.807) is 0 Å². The van der Waals surface area contributed by atoms with Crippen LogP contribution in [0.3, 0.4) is 0 Å². The minimum Gasteiger partial charge on any atom is -0.201 e. The number of rotatable bonds is 19. The monoisotopic (exact) mass is 434 g/mol. The summed E-state index contributed by atoms with van der Waals surface area (Å²) in [4.78, 5) is 0. The Hall–Kier alpha value is -1.89. The van der Waals surface area contributed by atoms with Crippen molar-refractivity contribution in [3.8, 4) is 0 Å². The lowest BCUT2D eigenvalue weighted by Gasteiger charge is -2.03. The number of unbranched alkanes of at least 4 members (excludes halogenated alkanes) is 13. The van der Waals surface area contributed by atoms with Gasteiger partial charge in [-0.05, 0) is 44.1 Å². The molecular weight excluding hydrogens is 386 g/mol. The molecule has 0 aliphatic carbocycles. The molecule has 0 atom stereocenters. The first-order chi connectivity index (χ1) is 15.9. The van der Waals surface area contributed by atoms with Gasteiger partial charge in [-0.15, -0.1) is 0 Å². The van der Waals surface area contributed by atoms with E-state index < -0.39 is 0 Å². The van der Waals surface area contributed by atoms with Crippen LogP contribution in [-0.2, 0) is 13.0 Å². The molecule has 32 heavy (non-hydrogen) atoms. The minimum absolute atomic E-state index is 0.954. The lowest BCUT2D eigenvalue weighted by molar-refractivity contribution is -0.688. The fourth-order valence-corrected chi connectivity index (χ4v) is 4.31. The summed E-state index contributed by atoms with van der Waals surface area (Å²) in [5.41, 5.74) is 2.83. The molecule has 2 aromatic rings. The molecule has 0 unspecified atom stereocenters. The highest BCUT2D eigenvalue weighted by molar-refractivity contribution is 5.13. The number of aryl methyl sites for hydroxylation is 1. The molecule has 2 rings (SSSR count). The van der Waals surface area contributed by atoms with Crippen molar-refractivity contribution >= 4 is 0 Å². The molecule has 176 valence electrons. The summed E-state index contributed by atoms with van der Waals surface area (Å²) in [6.07, 6.45) is 31.2. The van der Waals surface area contributed by atoms with Gasteiger partial charge in [-0.1, -0.05) is 114 Å². The summed E-state index contributed by atoms with van der Waals surface area (Å²) < 4.78 is 2.27. The van der Waals surface area contributed by atoms with E-state index in [9.17, 15) is 0 Å². The van der Waals surface area contributed by atoms with Crippen LogP contribution in [0, 0.1) is 0 Å². The zero-order valence-corrected chi connectivity index (χ0v) is 20.8. The molecule has 1 nitrogen and oxygen atoms in total. The summed E-state index contributed by atoms with van der Waals surface area (Å²) in [7, 11) is 0. The van der Waals surface area contributed by atoms with Crippen molar-refractivity contribution in [1.29, 1.82) is 0 Å². The van der Waals surface area contributed by atoms with Crippen molar-refractivity contribution < 1.29 is 4.57 Å². The lowest BCUT2D eigenvalue weighted by atomic mass is 10.0. The molecule has 0 amide bonds. The van der Waals surface area contributed by atoms with Gasteiger partial charge in [0.2, 0.25) is 0 Å². The lowest BCUT2D eigenvalue weighted by Crippen LogP contribution is -2.33. The van der Waals surface area contributed by atoms with Crippen LogP contribution in [0.5, 0.6) is 0 Å². The van der Waals surface area contributed by atoms with Crippen molar-refractivity contribution in [3.63, 3.8) is 0 Å². The van der Waals surface area contributed by atoms with Crippen LogP contribution in [0.15, 0.2) is 67.0 Å². The molecule has 1 aromatic carbocycles. The molecule has 1 heterocycles. The van der Waals surface area contributed by atoms with Crippen molar-refractivity contribution in [2.75, 3.05) is 0 Å². The Labute approximate surface area is 199 Å². The van der Waals surface area contributed by atoms with E-state index in [-0.39, 0.29) is 0 Å². The number of benzene rings is 1. The van der Waals surface area contributed by atoms with E-state index in [0.29, 0.717) is 0 Å². The normalized spacial score (nSPS) is 11.4. The number of aromatic nitrogens is 1. The number of pyridine rings is 1. The standard InChI is InChI=1S/C31H48N/c1-2-3-4-5-6-7-8-9-10-11-12-13-14-15-16-17-19-22-30-25-27-32(28-26-30)29-31-23-20-18-21-24-31/h9-10,18,20-21,23-28H,2-8,11-17,19,22,29H2,1H3/q+1/b10-9-. The molecule has 0 spiro atoms. The molecule has 0 fully saturated rings. The molecule has 0 aliphatic heterocycles. The summed E-state index contributed by atoms with van der Waals surface area (Å²) in [6, 6.07) is 15.3. The van der Waals surface area contributed by atoms with Gasteiger partial charge in [0.05, 0.1) is 0 Å². The third-order valence-electron chi connectivity index (χ3n) is 6.40. The third kappa shape index (κ3) is 13.5. The Morgan fingerprint density at radius 3 is 1.69 bits per heavy atom. The van der Waals surface area contributed by atoms with Crippen molar-refractivity contribution in [2.24, 2.45) is 0 Å². The van der Waals surface area contributed by atoms with Crippen molar-refractivity contribution in [1.82, 2.24) is 0 Å². The molecule has 0 bridgehead atoms. The smallest absolute Gasteiger partial charge is 0.173 e. The molecule has 0 N–H and O–H groups in total. The summed E-state index contributed by atoms with van der Waals surface area (Å²) in [6.45, 7) is 3.24. The van der Waals surface area contributed by atoms with Gasteiger partial charge >= 0.3 is 0 Å². The van der Waals surface area contributed by atoms with Gasteiger partial charge in [0.1, 0.15) is 0 Å². The Balaban J connectivity index is 1.37. The number of hydrogen-bond donors (Lipinski definition) is 0. The van der Waals surface area contributed by atoms with E-state index in [0.717, 1.165) is 6.54 Å². The highest BCUT2D eigenvalue weighted by Crippen LogP contribution is 2.12. The van der Waals surface area contributed by atoms with Gasteiger partial charge in [0, 0.05) is 17.7 Å². The van der Waals surface area contributed by atoms with E-state index >= 15 is 0 Å². The first-order valence-corrected chi connectivity index (χ1v) is 13.6. The van der Waals surface area contributed by atoms with Crippen molar-refractivity contribution in [2.45, 2.75) is 116 Å². The molecule has 0 aliphatic rings. The second-order valence-electron chi connectivity index (χ2n) is 9.41. The predicted octanol–water partition coefficient (Wildman–Crippen LogP) is 8.99. The second kappa shape index (κ2) is 18.7. The van der Waals surface area contributed by atoms with Crippen LogP contribution in [-0.4, -0.2) is 0 Å². The maximum absolute atomic E-state index is 2.43. The number of hydrogen-bond acceptors (Lipinski definition) is 0. The maximum atomic E-state index is 2.43. The molecule has 0 saturated carbocycles. The molecular formula is C31H48N+. The second-order valence-corrected chi connectivity index (χ2v) is 9.41. The highest BCUT2D eigenvalue weighted by atomic mass is 14.9. The topological polar surface area (TPSA) is 3.88 Å². The quantitative estimate of drug-likeness (QED) is 0.118. The highest BCUT2D eigenvalue weighted by Gasteiger charge is 2.02. The molecule has 1 heteroatoms. The van der Waals surface area contributed by atoms with Gasteiger partial charge in [-0.3, -0.25) is 0 Å². The van der Waals surface area contributed by atoms with E-state index in [2.05, 4.69) is 78.5 Å². The zero-order valence-electron chi connectivity index (χ0n) is 20.8. The van der Waals surface area contributed by atoms with E-state index in [4.69, 9.17) is 0 Å². The first-order valence-electron chi connectivity index (χ1n) is 13.6. The van der Waals surface area contributed by atoms with Crippen LogP contribution < -0.4 is 4.57 Å². The fourth-order valence-electron chi connectivity index (χ4n) is 4.31. The predicted molar refractivity (Wildman–Crippen MR) is 140 cm³/mol. The maximum Gasteiger partial charge on any atom is 0.173 e. The first kappa shape index (κ1) is 26.4. The third-order valence-corrected chi connectivity index (χ3v) is 6.40. The number of allylic oxidation sites excluding steroid dienone is 2. The van der Waals surface area contributed by atoms with Crippen LogP contribution in [0.25, 0.3) is 0 Å². The van der Waals surface area contributed by atoms with Gasteiger partial charge < -0.3 is 0 Å².